The Morgan fingerprint density at radius 3 is 2.45 bits per heavy atom. The topological polar surface area (TPSA) is 47.3 Å². The van der Waals surface area contributed by atoms with Crippen LogP contribution in [-0.2, 0) is 17.9 Å². The lowest BCUT2D eigenvalue weighted by molar-refractivity contribution is 0.183. The largest absolute Gasteiger partial charge is 0.380 e. The average molecular weight is 270 g/mol. The second kappa shape index (κ2) is 7.80. The highest BCUT2D eigenvalue weighted by molar-refractivity contribution is 5.30. The van der Waals surface area contributed by atoms with Crippen molar-refractivity contribution in [1.29, 1.82) is 0 Å². The van der Waals surface area contributed by atoms with E-state index in [1.54, 1.807) is 7.11 Å². The molecule has 0 saturated carbocycles. The van der Waals surface area contributed by atoms with Crippen LogP contribution >= 0.6 is 0 Å². The molecule has 0 saturated heterocycles. The number of nitrogens with two attached hydrogens (primary N) is 1. The zero-order chi connectivity index (χ0) is 14.2. The van der Waals surface area contributed by atoms with E-state index < -0.39 is 0 Å². The number of benzene rings is 2. The van der Waals surface area contributed by atoms with Gasteiger partial charge < -0.3 is 15.8 Å². The van der Waals surface area contributed by atoms with Crippen LogP contribution in [0.1, 0.15) is 22.7 Å². The maximum Gasteiger partial charge on any atom is 0.0716 e. The molecule has 106 valence electrons. The lowest BCUT2D eigenvalue weighted by atomic mass is 10.0. The van der Waals surface area contributed by atoms with Gasteiger partial charge in [0.05, 0.1) is 6.61 Å². The van der Waals surface area contributed by atoms with Crippen LogP contribution in [0.2, 0.25) is 0 Å². The summed E-state index contributed by atoms with van der Waals surface area (Å²) in [5.41, 5.74) is 9.59. The van der Waals surface area contributed by atoms with E-state index in [1.807, 2.05) is 30.3 Å². The first-order valence-corrected chi connectivity index (χ1v) is 6.89. The van der Waals surface area contributed by atoms with Gasteiger partial charge in [-0.05, 0) is 16.7 Å². The van der Waals surface area contributed by atoms with Crippen LogP contribution in [-0.4, -0.2) is 13.7 Å². The van der Waals surface area contributed by atoms with Crippen LogP contribution in [0, 0.1) is 0 Å². The third-order valence-corrected chi connectivity index (χ3v) is 3.36. The Morgan fingerprint density at radius 1 is 1.05 bits per heavy atom. The number of methoxy groups -OCH3 is 1. The predicted molar refractivity (Wildman–Crippen MR) is 82.2 cm³/mol. The van der Waals surface area contributed by atoms with Gasteiger partial charge in [0.25, 0.3) is 0 Å². The number of rotatable bonds is 7. The minimum absolute atomic E-state index is 0.140. The molecule has 0 amide bonds. The molecule has 0 aliphatic heterocycles. The van der Waals surface area contributed by atoms with E-state index in [9.17, 15) is 0 Å². The first-order valence-electron chi connectivity index (χ1n) is 6.89. The monoisotopic (exact) mass is 270 g/mol. The Kier molecular flexibility index (Phi) is 5.74. The van der Waals surface area contributed by atoms with Gasteiger partial charge >= 0.3 is 0 Å². The van der Waals surface area contributed by atoms with E-state index in [4.69, 9.17) is 10.5 Å². The smallest absolute Gasteiger partial charge is 0.0716 e. The van der Waals surface area contributed by atoms with Crippen LogP contribution in [0.15, 0.2) is 54.6 Å². The van der Waals surface area contributed by atoms with Crippen molar-refractivity contribution in [2.45, 2.75) is 19.2 Å². The first-order chi connectivity index (χ1) is 9.85. The summed E-state index contributed by atoms with van der Waals surface area (Å²) in [6, 6.07) is 18.8. The van der Waals surface area contributed by atoms with Crippen LogP contribution in [0.3, 0.4) is 0 Å². The molecule has 0 heterocycles. The van der Waals surface area contributed by atoms with Gasteiger partial charge in [0.15, 0.2) is 0 Å². The molecule has 0 aliphatic carbocycles. The number of hydrogen-bond acceptors (Lipinski definition) is 3. The Hall–Kier alpha value is -1.68. The lowest BCUT2D eigenvalue weighted by Crippen LogP contribution is -2.28. The summed E-state index contributed by atoms with van der Waals surface area (Å²) in [7, 11) is 1.71. The summed E-state index contributed by atoms with van der Waals surface area (Å²) < 4.78 is 5.26. The molecule has 3 nitrogen and oxygen atoms in total. The third kappa shape index (κ3) is 3.90. The molecular formula is C17H22N2O. The standard InChI is InChI=1S/C17H22N2O/c1-20-13-15-9-5-6-10-16(15)17(11-18)19-12-14-7-3-2-4-8-14/h2-10,17,19H,11-13,18H2,1H3. The zero-order valence-electron chi connectivity index (χ0n) is 11.9. The molecule has 2 rings (SSSR count). The SMILES string of the molecule is COCc1ccccc1C(CN)NCc1ccccc1. The fraction of sp³-hybridized carbons (Fsp3) is 0.294. The Bertz CT molecular complexity index is 513. The summed E-state index contributed by atoms with van der Waals surface area (Å²) >= 11 is 0. The van der Waals surface area contributed by atoms with Crippen molar-refractivity contribution in [3.63, 3.8) is 0 Å². The summed E-state index contributed by atoms with van der Waals surface area (Å²) in [5.74, 6) is 0. The van der Waals surface area contributed by atoms with E-state index in [2.05, 4.69) is 29.6 Å². The van der Waals surface area contributed by atoms with E-state index in [-0.39, 0.29) is 6.04 Å². The molecule has 3 heteroatoms. The van der Waals surface area contributed by atoms with Gasteiger partial charge in [-0.25, -0.2) is 0 Å². The molecule has 0 fully saturated rings. The molecule has 0 bridgehead atoms. The Balaban J connectivity index is 2.08. The van der Waals surface area contributed by atoms with Gasteiger partial charge in [0, 0.05) is 26.2 Å². The van der Waals surface area contributed by atoms with Crippen molar-refractivity contribution in [2.75, 3.05) is 13.7 Å². The van der Waals surface area contributed by atoms with Gasteiger partial charge in [-0.3, -0.25) is 0 Å². The van der Waals surface area contributed by atoms with Crippen LogP contribution < -0.4 is 11.1 Å². The minimum atomic E-state index is 0.140. The van der Waals surface area contributed by atoms with Crippen molar-refractivity contribution in [3.8, 4) is 0 Å². The maximum atomic E-state index is 5.93. The van der Waals surface area contributed by atoms with Gasteiger partial charge in [0.2, 0.25) is 0 Å². The number of nitrogens with one attached hydrogen (secondary N) is 1. The van der Waals surface area contributed by atoms with Crippen LogP contribution in [0.25, 0.3) is 0 Å². The molecule has 2 aromatic rings. The Morgan fingerprint density at radius 2 is 1.75 bits per heavy atom. The Labute approximate surface area is 120 Å². The second-order valence-corrected chi connectivity index (χ2v) is 4.79. The first kappa shape index (κ1) is 14.7. The van der Waals surface area contributed by atoms with E-state index in [0.717, 1.165) is 6.54 Å². The summed E-state index contributed by atoms with van der Waals surface area (Å²) in [6.07, 6.45) is 0. The van der Waals surface area contributed by atoms with Gasteiger partial charge in [0.1, 0.15) is 0 Å². The molecule has 3 N–H and O–H groups in total. The molecule has 2 aromatic carbocycles. The zero-order valence-corrected chi connectivity index (χ0v) is 11.9. The molecule has 0 aromatic heterocycles. The lowest BCUT2D eigenvalue weighted by Gasteiger charge is -2.20. The van der Waals surface area contributed by atoms with Crippen molar-refractivity contribution < 1.29 is 4.74 Å². The van der Waals surface area contributed by atoms with Crippen LogP contribution in [0.5, 0.6) is 0 Å². The summed E-state index contributed by atoms with van der Waals surface area (Å²) in [6.45, 7) is 1.98. The molecule has 0 aliphatic rings. The highest BCUT2D eigenvalue weighted by atomic mass is 16.5. The number of ether oxygens (including phenoxy) is 1. The normalized spacial score (nSPS) is 12.3. The third-order valence-electron chi connectivity index (χ3n) is 3.36. The molecule has 0 radical (unpaired) electrons. The highest BCUT2D eigenvalue weighted by Crippen LogP contribution is 2.18. The summed E-state index contributed by atoms with van der Waals surface area (Å²) in [4.78, 5) is 0. The van der Waals surface area contributed by atoms with Gasteiger partial charge in [-0.1, -0.05) is 54.6 Å². The maximum absolute atomic E-state index is 5.93. The predicted octanol–water partition coefficient (Wildman–Crippen LogP) is 2.62. The molecule has 20 heavy (non-hydrogen) atoms. The van der Waals surface area contributed by atoms with E-state index >= 15 is 0 Å². The fourth-order valence-corrected chi connectivity index (χ4v) is 2.32. The molecule has 1 unspecified atom stereocenters. The fourth-order valence-electron chi connectivity index (χ4n) is 2.32. The van der Waals surface area contributed by atoms with E-state index in [1.165, 1.54) is 16.7 Å². The van der Waals surface area contributed by atoms with Crippen molar-refractivity contribution in [3.05, 3.63) is 71.3 Å². The van der Waals surface area contributed by atoms with Gasteiger partial charge in [-0.15, -0.1) is 0 Å². The van der Waals surface area contributed by atoms with Gasteiger partial charge in [-0.2, -0.15) is 0 Å². The second-order valence-electron chi connectivity index (χ2n) is 4.79. The highest BCUT2D eigenvalue weighted by Gasteiger charge is 2.12. The molecule has 0 spiro atoms. The van der Waals surface area contributed by atoms with Crippen molar-refractivity contribution >= 4 is 0 Å². The number of hydrogen-bond donors (Lipinski definition) is 2. The molecular weight excluding hydrogens is 248 g/mol. The van der Waals surface area contributed by atoms with E-state index in [0.29, 0.717) is 13.2 Å². The van der Waals surface area contributed by atoms with Crippen molar-refractivity contribution in [1.82, 2.24) is 5.32 Å². The van der Waals surface area contributed by atoms with Crippen LogP contribution in [0.4, 0.5) is 0 Å². The molecule has 1 atom stereocenters. The average Bonchev–Trinajstić information content (AvgIpc) is 2.51. The van der Waals surface area contributed by atoms with Crippen molar-refractivity contribution in [2.24, 2.45) is 5.73 Å². The quantitative estimate of drug-likeness (QED) is 0.813. The summed E-state index contributed by atoms with van der Waals surface area (Å²) in [5, 5.41) is 3.52. The minimum Gasteiger partial charge on any atom is -0.380 e.